The van der Waals surface area contributed by atoms with Crippen LogP contribution in [0.5, 0.6) is 0 Å². The number of amides is 1. The van der Waals surface area contributed by atoms with E-state index in [0.29, 0.717) is 18.0 Å². The first-order valence-electron chi connectivity index (χ1n) is 6.44. The summed E-state index contributed by atoms with van der Waals surface area (Å²) in [6.07, 6.45) is 2.21. The van der Waals surface area contributed by atoms with Gasteiger partial charge in [0.1, 0.15) is 0 Å². The molecule has 1 heterocycles. The van der Waals surface area contributed by atoms with E-state index >= 15 is 0 Å². The van der Waals surface area contributed by atoms with Gasteiger partial charge in [-0.05, 0) is 47.1 Å². The van der Waals surface area contributed by atoms with Crippen LogP contribution >= 0.6 is 0 Å². The average molecular weight is 226 g/mol. The van der Waals surface area contributed by atoms with Crippen LogP contribution in [0.1, 0.15) is 40.5 Å². The average Bonchev–Trinajstić information content (AvgIpc) is 2.27. The van der Waals surface area contributed by atoms with Crippen LogP contribution in [0.2, 0.25) is 0 Å². The quantitative estimate of drug-likeness (QED) is 0.734. The van der Waals surface area contributed by atoms with Crippen LogP contribution in [0.15, 0.2) is 0 Å². The highest BCUT2D eigenvalue weighted by molar-refractivity contribution is 5.79. The van der Waals surface area contributed by atoms with E-state index in [1.165, 1.54) is 0 Å². The predicted molar refractivity (Wildman–Crippen MR) is 67.3 cm³/mol. The largest absolute Gasteiger partial charge is 0.343 e. The standard InChI is InChI=1S/C13H26N2O/c1-10(2)14(5)13(16)12-7-6-8-15(9-12)11(3)4/h10-12H,6-9H2,1-5H3. The zero-order chi connectivity index (χ0) is 12.3. The number of hydrogen-bond donors (Lipinski definition) is 0. The molecule has 1 unspecified atom stereocenters. The van der Waals surface area contributed by atoms with E-state index < -0.39 is 0 Å². The lowest BCUT2D eigenvalue weighted by molar-refractivity contribution is -0.137. The maximum Gasteiger partial charge on any atom is 0.226 e. The van der Waals surface area contributed by atoms with Gasteiger partial charge in [-0.2, -0.15) is 0 Å². The molecule has 16 heavy (non-hydrogen) atoms. The Morgan fingerprint density at radius 3 is 2.44 bits per heavy atom. The number of piperidine rings is 1. The number of rotatable bonds is 3. The lowest BCUT2D eigenvalue weighted by atomic mass is 9.95. The van der Waals surface area contributed by atoms with Gasteiger partial charge >= 0.3 is 0 Å². The summed E-state index contributed by atoms with van der Waals surface area (Å²) in [6, 6.07) is 0.863. The van der Waals surface area contributed by atoms with Gasteiger partial charge in [-0.1, -0.05) is 0 Å². The van der Waals surface area contributed by atoms with Gasteiger partial charge < -0.3 is 9.80 Å². The third kappa shape index (κ3) is 3.21. The van der Waals surface area contributed by atoms with Crippen molar-refractivity contribution in [1.29, 1.82) is 0 Å². The van der Waals surface area contributed by atoms with E-state index in [-0.39, 0.29) is 5.92 Å². The Morgan fingerprint density at radius 2 is 1.94 bits per heavy atom. The molecule has 0 spiro atoms. The normalized spacial score (nSPS) is 22.8. The number of carbonyl (C=O) groups is 1. The zero-order valence-electron chi connectivity index (χ0n) is 11.4. The number of carbonyl (C=O) groups excluding carboxylic acids is 1. The summed E-state index contributed by atoms with van der Waals surface area (Å²) < 4.78 is 0. The van der Waals surface area contributed by atoms with Gasteiger partial charge in [-0.25, -0.2) is 0 Å². The Labute approximate surface area is 99.8 Å². The Bertz CT molecular complexity index is 238. The monoisotopic (exact) mass is 226 g/mol. The molecule has 0 radical (unpaired) electrons. The molecule has 1 atom stereocenters. The molecule has 1 saturated heterocycles. The van der Waals surface area contributed by atoms with Crippen molar-refractivity contribution in [3.8, 4) is 0 Å². The van der Waals surface area contributed by atoms with Crippen molar-refractivity contribution >= 4 is 5.91 Å². The molecular weight excluding hydrogens is 200 g/mol. The SMILES string of the molecule is CC(C)N1CCCC(C(=O)N(C)C(C)C)C1. The first kappa shape index (κ1) is 13.5. The molecule has 0 saturated carbocycles. The van der Waals surface area contributed by atoms with Crippen molar-refractivity contribution in [3.63, 3.8) is 0 Å². The Morgan fingerprint density at radius 1 is 1.31 bits per heavy atom. The van der Waals surface area contributed by atoms with E-state index in [1.807, 2.05) is 11.9 Å². The van der Waals surface area contributed by atoms with Gasteiger partial charge in [-0.3, -0.25) is 4.79 Å². The molecule has 0 bridgehead atoms. The second-order valence-electron chi connectivity index (χ2n) is 5.47. The molecule has 0 N–H and O–H groups in total. The van der Waals surface area contributed by atoms with Crippen LogP contribution in [-0.4, -0.2) is 47.9 Å². The zero-order valence-corrected chi connectivity index (χ0v) is 11.4. The van der Waals surface area contributed by atoms with Crippen LogP contribution in [0.3, 0.4) is 0 Å². The topological polar surface area (TPSA) is 23.6 Å². The predicted octanol–water partition coefficient (Wildman–Crippen LogP) is 1.97. The van der Waals surface area contributed by atoms with Gasteiger partial charge in [0.15, 0.2) is 0 Å². The minimum atomic E-state index is 0.212. The minimum absolute atomic E-state index is 0.212. The van der Waals surface area contributed by atoms with Gasteiger partial charge in [-0.15, -0.1) is 0 Å². The molecule has 0 aromatic rings. The van der Waals surface area contributed by atoms with Crippen LogP contribution in [-0.2, 0) is 4.79 Å². The molecule has 1 aliphatic rings. The van der Waals surface area contributed by atoms with Crippen molar-refractivity contribution in [1.82, 2.24) is 9.80 Å². The fourth-order valence-corrected chi connectivity index (χ4v) is 2.22. The Balaban J connectivity index is 2.56. The van der Waals surface area contributed by atoms with Crippen molar-refractivity contribution in [2.24, 2.45) is 5.92 Å². The van der Waals surface area contributed by atoms with E-state index in [1.54, 1.807) is 0 Å². The second-order valence-corrected chi connectivity index (χ2v) is 5.47. The van der Waals surface area contributed by atoms with E-state index in [4.69, 9.17) is 0 Å². The third-order valence-electron chi connectivity index (χ3n) is 3.65. The lowest BCUT2D eigenvalue weighted by Gasteiger charge is -2.37. The van der Waals surface area contributed by atoms with Gasteiger partial charge in [0.2, 0.25) is 5.91 Å². The van der Waals surface area contributed by atoms with E-state index in [0.717, 1.165) is 25.9 Å². The summed E-state index contributed by atoms with van der Waals surface area (Å²) in [5.41, 5.74) is 0. The van der Waals surface area contributed by atoms with Crippen LogP contribution in [0.25, 0.3) is 0 Å². The fraction of sp³-hybridized carbons (Fsp3) is 0.923. The molecule has 3 nitrogen and oxygen atoms in total. The smallest absolute Gasteiger partial charge is 0.226 e. The van der Waals surface area contributed by atoms with Crippen LogP contribution in [0.4, 0.5) is 0 Å². The summed E-state index contributed by atoms with van der Waals surface area (Å²) in [6.45, 7) is 10.6. The first-order chi connectivity index (χ1) is 7.43. The number of nitrogens with zero attached hydrogens (tertiary/aromatic N) is 2. The maximum atomic E-state index is 12.2. The van der Waals surface area contributed by atoms with Crippen molar-refractivity contribution in [2.45, 2.75) is 52.6 Å². The van der Waals surface area contributed by atoms with Crippen molar-refractivity contribution in [3.05, 3.63) is 0 Å². The van der Waals surface area contributed by atoms with Crippen molar-refractivity contribution in [2.75, 3.05) is 20.1 Å². The van der Waals surface area contributed by atoms with Crippen LogP contribution < -0.4 is 0 Å². The number of hydrogen-bond acceptors (Lipinski definition) is 2. The highest BCUT2D eigenvalue weighted by Gasteiger charge is 2.29. The molecule has 1 amide bonds. The minimum Gasteiger partial charge on any atom is -0.343 e. The highest BCUT2D eigenvalue weighted by atomic mass is 16.2. The van der Waals surface area contributed by atoms with Crippen molar-refractivity contribution < 1.29 is 4.79 Å². The van der Waals surface area contributed by atoms with Gasteiger partial charge in [0.05, 0.1) is 5.92 Å². The van der Waals surface area contributed by atoms with Gasteiger partial charge in [0, 0.05) is 25.7 Å². The Kier molecular flexibility index (Phi) is 4.78. The molecule has 0 aromatic carbocycles. The first-order valence-corrected chi connectivity index (χ1v) is 6.44. The molecule has 1 rings (SSSR count). The van der Waals surface area contributed by atoms with E-state index in [2.05, 4.69) is 32.6 Å². The van der Waals surface area contributed by atoms with E-state index in [9.17, 15) is 4.79 Å². The maximum absolute atomic E-state index is 12.2. The molecule has 94 valence electrons. The van der Waals surface area contributed by atoms with Crippen LogP contribution in [0, 0.1) is 5.92 Å². The third-order valence-corrected chi connectivity index (χ3v) is 3.65. The molecule has 0 aromatic heterocycles. The number of likely N-dealkylation sites (tertiary alicyclic amines) is 1. The highest BCUT2D eigenvalue weighted by Crippen LogP contribution is 2.20. The molecular formula is C13H26N2O. The summed E-state index contributed by atoms with van der Waals surface area (Å²) in [5, 5.41) is 0. The molecule has 3 heteroatoms. The molecule has 0 aliphatic carbocycles. The second kappa shape index (κ2) is 5.67. The summed E-state index contributed by atoms with van der Waals surface area (Å²) in [5.74, 6) is 0.531. The van der Waals surface area contributed by atoms with Gasteiger partial charge in [0.25, 0.3) is 0 Å². The summed E-state index contributed by atoms with van der Waals surface area (Å²) in [4.78, 5) is 16.5. The summed E-state index contributed by atoms with van der Waals surface area (Å²) in [7, 11) is 1.92. The fourth-order valence-electron chi connectivity index (χ4n) is 2.22. The summed E-state index contributed by atoms with van der Waals surface area (Å²) >= 11 is 0. The Hall–Kier alpha value is -0.570. The lowest BCUT2D eigenvalue weighted by Crippen LogP contribution is -2.47. The molecule has 1 aliphatic heterocycles. The molecule has 1 fully saturated rings.